The molecule has 1 amide bonds. The van der Waals surface area contributed by atoms with Gasteiger partial charge < -0.3 is 10.4 Å². The van der Waals surface area contributed by atoms with E-state index in [2.05, 4.69) is 10.3 Å². The Bertz CT molecular complexity index is 610. The first-order chi connectivity index (χ1) is 10.1. The lowest BCUT2D eigenvalue weighted by Gasteiger charge is -2.02. The van der Waals surface area contributed by atoms with E-state index in [-0.39, 0.29) is 18.7 Å². The van der Waals surface area contributed by atoms with E-state index in [1.807, 2.05) is 35.7 Å². The molecule has 2 aromatic rings. The van der Waals surface area contributed by atoms with E-state index in [9.17, 15) is 9.59 Å². The summed E-state index contributed by atoms with van der Waals surface area (Å²) < 4.78 is 0. The van der Waals surface area contributed by atoms with Gasteiger partial charge in [-0.2, -0.15) is 0 Å². The molecule has 0 radical (unpaired) electrons. The molecule has 0 atom stereocenters. The maximum Gasteiger partial charge on any atom is 0.303 e. The zero-order valence-electron chi connectivity index (χ0n) is 11.4. The minimum atomic E-state index is -0.961. The van der Waals surface area contributed by atoms with Crippen molar-refractivity contribution in [3.63, 3.8) is 0 Å². The molecular weight excluding hydrogens is 288 g/mol. The zero-order chi connectivity index (χ0) is 15.1. The summed E-state index contributed by atoms with van der Waals surface area (Å²) in [6.45, 7) is 0.472. The summed E-state index contributed by atoms with van der Waals surface area (Å²) in [7, 11) is 0. The second-order valence-electron chi connectivity index (χ2n) is 4.49. The highest BCUT2D eigenvalue weighted by Crippen LogP contribution is 2.21. The van der Waals surface area contributed by atoms with Crippen LogP contribution in [0, 0.1) is 0 Å². The number of hydrogen-bond donors (Lipinski definition) is 2. The number of aromatic nitrogens is 1. The van der Waals surface area contributed by atoms with Crippen LogP contribution in [-0.2, 0) is 16.0 Å². The summed E-state index contributed by atoms with van der Waals surface area (Å²) in [6, 6.07) is 9.91. The molecule has 2 rings (SSSR count). The predicted molar refractivity (Wildman–Crippen MR) is 81.1 cm³/mol. The predicted octanol–water partition coefficient (Wildman–Crippen LogP) is 2.33. The Labute approximate surface area is 126 Å². The second-order valence-corrected chi connectivity index (χ2v) is 5.43. The molecule has 0 unspecified atom stereocenters. The largest absolute Gasteiger partial charge is 0.481 e. The van der Waals surface area contributed by atoms with Crippen LogP contribution in [0.5, 0.6) is 0 Å². The van der Waals surface area contributed by atoms with Crippen molar-refractivity contribution in [2.24, 2.45) is 0 Å². The van der Waals surface area contributed by atoms with E-state index >= 15 is 0 Å². The number of carboxylic acids is 1. The lowest BCUT2D eigenvalue weighted by molar-refractivity contribution is -0.138. The number of carboxylic acid groups (broad SMARTS) is 1. The summed E-state index contributed by atoms with van der Waals surface area (Å²) in [5.74, 6) is -1.20. The summed E-state index contributed by atoms with van der Waals surface area (Å²) in [4.78, 5) is 26.2. The van der Waals surface area contributed by atoms with Crippen molar-refractivity contribution in [2.45, 2.75) is 19.3 Å². The molecule has 110 valence electrons. The number of hydrogen-bond acceptors (Lipinski definition) is 4. The highest BCUT2D eigenvalue weighted by atomic mass is 32.1. The Kier molecular flexibility index (Phi) is 5.45. The third-order valence-corrected chi connectivity index (χ3v) is 3.76. The van der Waals surface area contributed by atoms with Crippen LogP contribution < -0.4 is 5.32 Å². The van der Waals surface area contributed by atoms with Crippen molar-refractivity contribution < 1.29 is 14.7 Å². The fourth-order valence-electron chi connectivity index (χ4n) is 1.78. The molecule has 0 bridgehead atoms. The second kappa shape index (κ2) is 7.54. The van der Waals surface area contributed by atoms with Crippen LogP contribution in [0.2, 0.25) is 0 Å². The van der Waals surface area contributed by atoms with Crippen LogP contribution in [0.4, 0.5) is 0 Å². The molecule has 0 saturated heterocycles. The van der Waals surface area contributed by atoms with Gasteiger partial charge in [-0.3, -0.25) is 9.59 Å². The van der Waals surface area contributed by atoms with E-state index in [1.165, 1.54) is 0 Å². The lowest BCUT2D eigenvalue weighted by Crippen LogP contribution is -2.25. The van der Waals surface area contributed by atoms with Crippen LogP contribution in [0.3, 0.4) is 0 Å². The molecule has 0 aliphatic heterocycles. The van der Waals surface area contributed by atoms with E-state index in [0.29, 0.717) is 13.0 Å². The molecule has 21 heavy (non-hydrogen) atoms. The Hall–Kier alpha value is -2.21. The van der Waals surface area contributed by atoms with Crippen molar-refractivity contribution in [3.05, 3.63) is 40.7 Å². The van der Waals surface area contributed by atoms with Gasteiger partial charge in [0, 0.05) is 30.3 Å². The number of rotatable bonds is 7. The van der Waals surface area contributed by atoms with Gasteiger partial charge >= 0.3 is 5.97 Å². The Morgan fingerprint density at radius 2 is 1.95 bits per heavy atom. The molecular formula is C15H16N2O3S. The molecule has 1 aromatic heterocycles. The Balaban J connectivity index is 1.78. The van der Waals surface area contributed by atoms with E-state index in [4.69, 9.17) is 5.11 Å². The van der Waals surface area contributed by atoms with Gasteiger partial charge in [0.25, 0.3) is 0 Å². The number of benzene rings is 1. The van der Waals surface area contributed by atoms with E-state index in [0.717, 1.165) is 16.3 Å². The van der Waals surface area contributed by atoms with Gasteiger partial charge in [-0.15, -0.1) is 11.3 Å². The van der Waals surface area contributed by atoms with Crippen LogP contribution in [0.25, 0.3) is 11.3 Å². The average molecular weight is 304 g/mol. The fourth-order valence-corrected chi connectivity index (χ4v) is 2.59. The molecule has 6 heteroatoms. The number of thiazole rings is 1. The van der Waals surface area contributed by atoms with E-state index < -0.39 is 5.97 Å². The van der Waals surface area contributed by atoms with Crippen molar-refractivity contribution in [3.8, 4) is 11.3 Å². The zero-order valence-corrected chi connectivity index (χ0v) is 12.2. The minimum Gasteiger partial charge on any atom is -0.481 e. The van der Waals surface area contributed by atoms with Crippen molar-refractivity contribution in [2.75, 3.05) is 6.54 Å². The topological polar surface area (TPSA) is 79.3 Å². The summed E-state index contributed by atoms with van der Waals surface area (Å²) in [5, 5.41) is 14.1. The molecule has 5 nitrogen and oxygen atoms in total. The van der Waals surface area contributed by atoms with Crippen LogP contribution >= 0.6 is 11.3 Å². The number of nitrogens with zero attached hydrogens (tertiary/aromatic N) is 1. The molecule has 1 heterocycles. The molecule has 2 N–H and O–H groups in total. The van der Waals surface area contributed by atoms with Crippen molar-refractivity contribution in [1.29, 1.82) is 0 Å². The molecule has 1 aromatic carbocycles. The molecule has 0 saturated carbocycles. The highest BCUT2D eigenvalue weighted by molar-refractivity contribution is 7.09. The quantitative estimate of drug-likeness (QED) is 0.823. The highest BCUT2D eigenvalue weighted by Gasteiger charge is 2.07. The molecule has 0 aliphatic rings. The van der Waals surface area contributed by atoms with Gasteiger partial charge in [0.05, 0.1) is 17.1 Å². The Morgan fingerprint density at radius 1 is 1.19 bits per heavy atom. The third kappa shape index (κ3) is 5.00. The van der Waals surface area contributed by atoms with Crippen molar-refractivity contribution in [1.82, 2.24) is 10.3 Å². The number of nitrogens with one attached hydrogen (secondary N) is 1. The Morgan fingerprint density at radius 3 is 2.67 bits per heavy atom. The summed E-state index contributed by atoms with van der Waals surface area (Å²) >= 11 is 1.56. The van der Waals surface area contributed by atoms with Crippen LogP contribution in [0.1, 0.15) is 17.8 Å². The van der Waals surface area contributed by atoms with Gasteiger partial charge in [-0.1, -0.05) is 30.3 Å². The monoisotopic (exact) mass is 304 g/mol. The average Bonchev–Trinajstić information content (AvgIpc) is 2.95. The smallest absolute Gasteiger partial charge is 0.303 e. The number of amides is 1. The first-order valence-electron chi connectivity index (χ1n) is 6.63. The number of carbonyl (C=O) groups is 2. The SMILES string of the molecule is O=C(O)CCC(=O)NCCc1nc(-c2ccccc2)cs1. The summed E-state index contributed by atoms with van der Waals surface area (Å²) in [6.07, 6.45) is 0.528. The minimum absolute atomic E-state index is 0.0163. The molecule has 0 fully saturated rings. The maximum absolute atomic E-state index is 11.4. The van der Waals surface area contributed by atoms with Gasteiger partial charge in [0.1, 0.15) is 0 Å². The third-order valence-electron chi connectivity index (χ3n) is 2.85. The number of aliphatic carboxylic acids is 1. The van der Waals surface area contributed by atoms with Gasteiger partial charge in [-0.05, 0) is 0 Å². The van der Waals surface area contributed by atoms with Crippen LogP contribution in [0.15, 0.2) is 35.7 Å². The normalized spacial score (nSPS) is 10.3. The van der Waals surface area contributed by atoms with E-state index in [1.54, 1.807) is 11.3 Å². The lowest BCUT2D eigenvalue weighted by atomic mass is 10.2. The summed E-state index contributed by atoms with van der Waals surface area (Å²) in [5.41, 5.74) is 2.01. The first-order valence-corrected chi connectivity index (χ1v) is 7.51. The van der Waals surface area contributed by atoms with Gasteiger partial charge in [0.2, 0.25) is 5.91 Å². The maximum atomic E-state index is 11.4. The molecule has 0 spiro atoms. The standard InChI is InChI=1S/C15H16N2O3S/c18-13(6-7-15(19)20)16-9-8-14-17-12(10-21-14)11-4-2-1-3-5-11/h1-5,10H,6-9H2,(H,16,18)(H,19,20). The van der Waals surface area contributed by atoms with Gasteiger partial charge in [-0.25, -0.2) is 4.98 Å². The van der Waals surface area contributed by atoms with Gasteiger partial charge in [0.15, 0.2) is 0 Å². The fraction of sp³-hybridized carbons (Fsp3) is 0.267. The number of carbonyl (C=O) groups excluding carboxylic acids is 1. The van der Waals surface area contributed by atoms with Crippen molar-refractivity contribution >= 4 is 23.2 Å². The first kappa shape index (κ1) is 15.2. The molecule has 0 aliphatic carbocycles. The van der Waals surface area contributed by atoms with Crippen LogP contribution in [-0.4, -0.2) is 28.5 Å².